The molecule has 0 aliphatic heterocycles. The van der Waals surface area contributed by atoms with Crippen molar-refractivity contribution in [1.29, 1.82) is 0 Å². The molecule has 7 heteroatoms. The van der Waals surface area contributed by atoms with Crippen molar-refractivity contribution in [2.45, 2.75) is 13.8 Å². The van der Waals surface area contributed by atoms with Crippen molar-refractivity contribution in [3.63, 3.8) is 0 Å². The van der Waals surface area contributed by atoms with E-state index in [4.69, 9.17) is 4.74 Å². The van der Waals surface area contributed by atoms with E-state index in [1.54, 1.807) is 42.5 Å². The number of carbonyl (C=O) groups is 3. The minimum absolute atomic E-state index is 0.235. The van der Waals surface area contributed by atoms with Crippen LogP contribution in [0.15, 0.2) is 42.5 Å². The quantitative estimate of drug-likeness (QED) is 0.776. The number of carbonyl (C=O) groups excluding carboxylic acids is 3. The average Bonchev–Trinajstić information content (AvgIpc) is 2.61. The van der Waals surface area contributed by atoms with E-state index in [1.807, 2.05) is 6.92 Å². The SMILES string of the molecule is COC(=O)c1ccc(C)c(NC(=O)COc2ccccc2NC(C)=O)c1. The first-order valence-electron chi connectivity index (χ1n) is 7.89. The molecule has 0 aromatic heterocycles. The molecule has 2 aromatic carbocycles. The largest absolute Gasteiger partial charge is 0.482 e. The third kappa shape index (κ3) is 5.07. The zero-order valence-corrected chi connectivity index (χ0v) is 14.8. The zero-order chi connectivity index (χ0) is 19.1. The van der Waals surface area contributed by atoms with Gasteiger partial charge in [-0.05, 0) is 36.8 Å². The number of hydrogen-bond donors (Lipinski definition) is 2. The van der Waals surface area contributed by atoms with E-state index in [1.165, 1.54) is 14.0 Å². The molecule has 0 radical (unpaired) electrons. The highest BCUT2D eigenvalue weighted by Crippen LogP contribution is 2.24. The van der Waals surface area contributed by atoms with Crippen molar-refractivity contribution in [1.82, 2.24) is 0 Å². The van der Waals surface area contributed by atoms with E-state index >= 15 is 0 Å². The molecule has 0 aliphatic rings. The Kier molecular flexibility index (Phi) is 6.32. The summed E-state index contributed by atoms with van der Waals surface area (Å²) < 4.78 is 10.2. The summed E-state index contributed by atoms with van der Waals surface area (Å²) in [7, 11) is 1.29. The van der Waals surface area contributed by atoms with Gasteiger partial charge in [0, 0.05) is 12.6 Å². The van der Waals surface area contributed by atoms with Crippen LogP contribution in [0.2, 0.25) is 0 Å². The second-order valence-corrected chi connectivity index (χ2v) is 5.54. The molecule has 0 atom stereocenters. The standard InChI is InChI=1S/C19H20N2O5/c1-12-8-9-14(19(24)25-3)10-16(12)21-18(23)11-26-17-7-5-4-6-15(17)20-13(2)22/h4-10H,11H2,1-3H3,(H,20,22)(H,21,23). The van der Waals surface area contributed by atoms with Gasteiger partial charge < -0.3 is 20.1 Å². The van der Waals surface area contributed by atoms with E-state index in [0.29, 0.717) is 22.7 Å². The smallest absolute Gasteiger partial charge is 0.337 e. The fourth-order valence-electron chi connectivity index (χ4n) is 2.22. The lowest BCUT2D eigenvalue weighted by Crippen LogP contribution is -2.21. The number of nitrogens with one attached hydrogen (secondary N) is 2. The first-order chi connectivity index (χ1) is 12.4. The summed E-state index contributed by atoms with van der Waals surface area (Å²) in [5.74, 6) is -0.729. The van der Waals surface area contributed by atoms with Gasteiger partial charge in [-0.3, -0.25) is 9.59 Å². The Hall–Kier alpha value is -3.35. The van der Waals surface area contributed by atoms with Crippen LogP contribution in [0, 0.1) is 6.92 Å². The van der Waals surface area contributed by atoms with Crippen molar-refractivity contribution in [2.75, 3.05) is 24.4 Å². The first kappa shape index (κ1) is 19.0. The summed E-state index contributed by atoms with van der Waals surface area (Å²) in [4.78, 5) is 35.0. The second kappa shape index (κ2) is 8.66. The fraction of sp³-hybridized carbons (Fsp3) is 0.211. The molecule has 7 nitrogen and oxygen atoms in total. The van der Waals surface area contributed by atoms with Crippen LogP contribution in [0.1, 0.15) is 22.8 Å². The van der Waals surface area contributed by atoms with Gasteiger partial charge in [0.1, 0.15) is 5.75 Å². The molecule has 0 spiro atoms. The van der Waals surface area contributed by atoms with E-state index in [2.05, 4.69) is 15.4 Å². The predicted octanol–water partition coefficient (Wildman–Crippen LogP) is 2.76. The lowest BCUT2D eigenvalue weighted by molar-refractivity contribution is -0.118. The molecule has 2 amide bonds. The van der Waals surface area contributed by atoms with Crippen LogP contribution in [0.4, 0.5) is 11.4 Å². The van der Waals surface area contributed by atoms with E-state index in [9.17, 15) is 14.4 Å². The number of anilines is 2. The molecule has 0 aliphatic carbocycles. The van der Waals surface area contributed by atoms with Crippen molar-refractivity contribution in [3.05, 3.63) is 53.6 Å². The van der Waals surface area contributed by atoms with Crippen LogP contribution >= 0.6 is 0 Å². The van der Waals surface area contributed by atoms with Crippen LogP contribution in [0.5, 0.6) is 5.75 Å². The van der Waals surface area contributed by atoms with Crippen LogP contribution in [-0.4, -0.2) is 31.5 Å². The summed E-state index contributed by atoms with van der Waals surface area (Å²) in [6.07, 6.45) is 0. The molecule has 136 valence electrons. The summed E-state index contributed by atoms with van der Waals surface area (Å²) in [6, 6.07) is 11.7. The minimum Gasteiger partial charge on any atom is -0.482 e. The van der Waals surface area contributed by atoms with Gasteiger partial charge in [-0.25, -0.2) is 4.79 Å². The summed E-state index contributed by atoms with van der Waals surface area (Å²) in [6.45, 7) is 2.95. The lowest BCUT2D eigenvalue weighted by atomic mass is 10.1. The number of rotatable bonds is 6. The van der Waals surface area contributed by atoms with Crippen LogP contribution in [0.3, 0.4) is 0 Å². The van der Waals surface area contributed by atoms with Crippen LogP contribution in [-0.2, 0) is 14.3 Å². The Balaban J connectivity index is 2.04. The number of hydrogen-bond acceptors (Lipinski definition) is 5. The first-order valence-corrected chi connectivity index (χ1v) is 7.89. The number of methoxy groups -OCH3 is 1. The number of para-hydroxylation sites is 2. The Morgan fingerprint density at radius 3 is 2.42 bits per heavy atom. The predicted molar refractivity (Wildman–Crippen MR) is 97.4 cm³/mol. The highest BCUT2D eigenvalue weighted by atomic mass is 16.5. The maximum atomic E-state index is 12.2. The van der Waals surface area contributed by atoms with Gasteiger partial charge in [0.25, 0.3) is 5.91 Å². The van der Waals surface area contributed by atoms with Crippen molar-refractivity contribution < 1.29 is 23.9 Å². The Labute approximate surface area is 151 Å². The molecule has 0 heterocycles. The molecule has 2 aromatic rings. The zero-order valence-electron chi connectivity index (χ0n) is 14.8. The van der Waals surface area contributed by atoms with Crippen molar-refractivity contribution in [2.24, 2.45) is 0 Å². The molecule has 0 fully saturated rings. The molecule has 0 bridgehead atoms. The van der Waals surface area contributed by atoms with Gasteiger partial charge in [0.05, 0.1) is 18.4 Å². The van der Waals surface area contributed by atoms with Gasteiger partial charge in [-0.2, -0.15) is 0 Å². The third-order valence-electron chi connectivity index (χ3n) is 3.49. The highest BCUT2D eigenvalue weighted by molar-refractivity contribution is 5.96. The number of aryl methyl sites for hydroxylation is 1. The lowest BCUT2D eigenvalue weighted by Gasteiger charge is -2.13. The topological polar surface area (TPSA) is 93.7 Å². The molecular weight excluding hydrogens is 336 g/mol. The highest BCUT2D eigenvalue weighted by Gasteiger charge is 2.12. The molecule has 2 N–H and O–H groups in total. The molecule has 0 saturated carbocycles. The number of esters is 1. The maximum absolute atomic E-state index is 12.2. The van der Waals surface area contributed by atoms with Gasteiger partial charge >= 0.3 is 5.97 Å². The summed E-state index contributed by atoms with van der Waals surface area (Å²) in [5, 5.41) is 5.34. The third-order valence-corrected chi connectivity index (χ3v) is 3.49. The number of amides is 2. The normalized spacial score (nSPS) is 9.96. The number of ether oxygens (including phenoxy) is 2. The van der Waals surface area contributed by atoms with E-state index < -0.39 is 11.9 Å². The minimum atomic E-state index is -0.485. The molecule has 26 heavy (non-hydrogen) atoms. The van der Waals surface area contributed by atoms with Crippen LogP contribution < -0.4 is 15.4 Å². The molecule has 0 unspecified atom stereocenters. The molecular formula is C19H20N2O5. The van der Waals surface area contributed by atoms with Crippen LogP contribution in [0.25, 0.3) is 0 Å². The average molecular weight is 356 g/mol. The van der Waals surface area contributed by atoms with Gasteiger partial charge in [0.2, 0.25) is 5.91 Å². The monoisotopic (exact) mass is 356 g/mol. The van der Waals surface area contributed by atoms with Gasteiger partial charge in [-0.15, -0.1) is 0 Å². The summed E-state index contributed by atoms with van der Waals surface area (Å²) >= 11 is 0. The van der Waals surface area contributed by atoms with E-state index in [0.717, 1.165) is 5.56 Å². The maximum Gasteiger partial charge on any atom is 0.337 e. The Morgan fingerprint density at radius 1 is 1.00 bits per heavy atom. The van der Waals surface area contributed by atoms with Gasteiger partial charge in [-0.1, -0.05) is 18.2 Å². The fourth-order valence-corrected chi connectivity index (χ4v) is 2.22. The molecule has 2 rings (SSSR count). The summed E-state index contributed by atoms with van der Waals surface area (Å²) in [5.41, 5.74) is 2.11. The van der Waals surface area contributed by atoms with Crippen molar-refractivity contribution in [3.8, 4) is 5.75 Å². The Bertz CT molecular complexity index is 832. The van der Waals surface area contributed by atoms with Crippen molar-refractivity contribution >= 4 is 29.2 Å². The second-order valence-electron chi connectivity index (χ2n) is 5.54. The van der Waals surface area contributed by atoms with Gasteiger partial charge in [0.15, 0.2) is 6.61 Å². The Morgan fingerprint density at radius 2 is 1.73 bits per heavy atom. The molecule has 0 saturated heterocycles. The van der Waals surface area contributed by atoms with E-state index in [-0.39, 0.29) is 12.5 Å². The number of benzene rings is 2.